The van der Waals surface area contributed by atoms with Crippen LogP contribution in [0.25, 0.3) is 0 Å². The van der Waals surface area contributed by atoms with Gasteiger partial charge >= 0.3 is 0 Å². The van der Waals surface area contributed by atoms with Crippen molar-refractivity contribution in [1.82, 2.24) is 4.90 Å². The van der Waals surface area contributed by atoms with Gasteiger partial charge < -0.3 is 15.2 Å². The van der Waals surface area contributed by atoms with E-state index in [9.17, 15) is 0 Å². The number of aryl methyl sites for hydroxylation is 2. The normalized spacial score (nSPS) is 20.5. The van der Waals surface area contributed by atoms with Crippen molar-refractivity contribution >= 4 is 0 Å². The molecule has 0 bridgehead atoms. The summed E-state index contributed by atoms with van der Waals surface area (Å²) in [6.07, 6.45) is 0.175. The molecule has 2 N–H and O–H groups in total. The Balaban J connectivity index is 1.80. The Hall–Kier alpha value is -1.10. The summed E-state index contributed by atoms with van der Waals surface area (Å²) in [5.74, 6) is 1.02. The smallest absolute Gasteiger partial charge is 0.125 e. The van der Waals surface area contributed by atoms with Crippen molar-refractivity contribution < 1.29 is 9.47 Å². The van der Waals surface area contributed by atoms with Gasteiger partial charge in [0.05, 0.1) is 12.7 Å². The van der Waals surface area contributed by atoms with Gasteiger partial charge in [0, 0.05) is 26.2 Å². The van der Waals surface area contributed by atoms with Crippen molar-refractivity contribution in [3.63, 3.8) is 0 Å². The number of nitrogens with zero attached hydrogens (tertiary/aromatic N) is 1. The number of benzene rings is 1. The molecule has 0 aliphatic carbocycles. The molecule has 0 saturated carbocycles. The largest absolute Gasteiger partial charge is 0.492 e. The summed E-state index contributed by atoms with van der Waals surface area (Å²) >= 11 is 0. The van der Waals surface area contributed by atoms with Crippen molar-refractivity contribution in [2.24, 2.45) is 5.73 Å². The highest BCUT2D eigenvalue weighted by Gasteiger charge is 2.18. The monoisotopic (exact) mass is 264 g/mol. The first-order chi connectivity index (χ1) is 9.20. The van der Waals surface area contributed by atoms with Gasteiger partial charge in [-0.05, 0) is 25.0 Å². The van der Waals surface area contributed by atoms with Crippen LogP contribution in [-0.2, 0) is 4.74 Å². The third kappa shape index (κ3) is 3.93. The van der Waals surface area contributed by atoms with E-state index in [1.165, 1.54) is 11.1 Å². The zero-order chi connectivity index (χ0) is 13.7. The standard InChI is InChI=1S/C15H24N2O2/c1-12-4-3-5-13(2)15(12)19-9-7-17-6-8-18-14(10-16)11-17/h3-5,14H,6-11,16H2,1-2H3. The van der Waals surface area contributed by atoms with Crippen LogP contribution < -0.4 is 10.5 Å². The predicted octanol–water partition coefficient (Wildman–Crippen LogP) is 1.34. The molecule has 0 spiro atoms. The highest BCUT2D eigenvalue weighted by molar-refractivity contribution is 5.39. The Morgan fingerprint density at radius 2 is 2.11 bits per heavy atom. The fraction of sp³-hybridized carbons (Fsp3) is 0.600. The van der Waals surface area contributed by atoms with Crippen molar-refractivity contribution in [3.05, 3.63) is 29.3 Å². The molecule has 19 heavy (non-hydrogen) atoms. The quantitative estimate of drug-likeness (QED) is 0.872. The maximum atomic E-state index is 5.93. The fourth-order valence-electron chi connectivity index (χ4n) is 2.43. The second-order valence-electron chi connectivity index (χ2n) is 5.10. The van der Waals surface area contributed by atoms with Crippen molar-refractivity contribution in [3.8, 4) is 5.75 Å². The third-order valence-electron chi connectivity index (χ3n) is 3.55. The minimum absolute atomic E-state index is 0.175. The van der Waals surface area contributed by atoms with Crippen molar-refractivity contribution in [2.45, 2.75) is 20.0 Å². The number of para-hydroxylation sites is 1. The molecule has 4 heteroatoms. The second kappa shape index (κ2) is 6.89. The van der Waals surface area contributed by atoms with E-state index in [1.54, 1.807) is 0 Å². The summed E-state index contributed by atoms with van der Waals surface area (Å²) in [5.41, 5.74) is 8.03. The van der Waals surface area contributed by atoms with E-state index in [0.29, 0.717) is 13.2 Å². The minimum atomic E-state index is 0.175. The van der Waals surface area contributed by atoms with Crippen LogP contribution in [0.15, 0.2) is 18.2 Å². The Labute approximate surface area is 115 Å². The van der Waals surface area contributed by atoms with Crippen LogP contribution in [0.4, 0.5) is 0 Å². The highest BCUT2D eigenvalue weighted by Crippen LogP contribution is 2.22. The van der Waals surface area contributed by atoms with Gasteiger partial charge in [0.15, 0.2) is 0 Å². The van der Waals surface area contributed by atoms with Crippen LogP contribution in [0.2, 0.25) is 0 Å². The molecule has 1 atom stereocenters. The molecule has 0 radical (unpaired) electrons. The first-order valence-corrected chi connectivity index (χ1v) is 6.93. The van der Waals surface area contributed by atoms with Gasteiger partial charge in [-0.15, -0.1) is 0 Å². The lowest BCUT2D eigenvalue weighted by molar-refractivity contribution is -0.0261. The van der Waals surface area contributed by atoms with E-state index in [1.807, 2.05) is 0 Å². The first kappa shape index (κ1) is 14.3. The molecule has 106 valence electrons. The van der Waals surface area contributed by atoms with E-state index >= 15 is 0 Å². The number of hydrogen-bond donors (Lipinski definition) is 1. The van der Waals surface area contributed by atoms with Crippen LogP contribution in [0.3, 0.4) is 0 Å². The summed E-state index contributed by atoms with van der Waals surface area (Å²) in [7, 11) is 0. The Morgan fingerprint density at radius 1 is 1.37 bits per heavy atom. The van der Waals surface area contributed by atoms with Crippen LogP contribution in [0, 0.1) is 13.8 Å². The van der Waals surface area contributed by atoms with E-state index in [-0.39, 0.29) is 6.10 Å². The van der Waals surface area contributed by atoms with Gasteiger partial charge in [-0.25, -0.2) is 0 Å². The molecule has 0 amide bonds. The third-order valence-corrected chi connectivity index (χ3v) is 3.55. The SMILES string of the molecule is Cc1cccc(C)c1OCCN1CCOC(CN)C1. The first-order valence-electron chi connectivity index (χ1n) is 6.93. The average Bonchev–Trinajstić information content (AvgIpc) is 2.42. The van der Waals surface area contributed by atoms with Crippen LogP contribution >= 0.6 is 0 Å². The summed E-state index contributed by atoms with van der Waals surface area (Å²) in [6, 6.07) is 6.23. The van der Waals surface area contributed by atoms with Crippen LogP contribution in [-0.4, -0.2) is 50.4 Å². The van der Waals surface area contributed by atoms with E-state index in [2.05, 4.69) is 36.9 Å². The molecule has 1 saturated heterocycles. The second-order valence-corrected chi connectivity index (χ2v) is 5.10. The molecule has 1 aliphatic heterocycles. The maximum Gasteiger partial charge on any atom is 0.125 e. The lowest BCUT2D eigenvalue weighted by atomic mass is 10.1. The summed E-state index contributed by atoms with van der Waals surface area (Å²) in [5, 5.41) is 0. The highest BCUT2D eigenvalue weighted by atomic mass is 16.5. The van der Waals surface area contributed by atoms with E-state index in [4.69, 9.17) is 15.2 Å². The van der Waals surface area contributed by atoms with Crippen molar-refractivity contribution in [1.29, 1.82) is 0 Å². The van der Waals surface area contributed by atoms with Gasteiger partial charge in [-0.1, -0.05) is 18.2 Å². The number of ether oxygens (including phenoxy) is 2. The summed E-state index contributed by atoms with van der Waals surface area (Å²) < 4.78 is 11.5. The molecule has 1 aliphatic rings. The predicted molar refractivity (Wildman–Crippen MR) is 76.6 cm³/mol. The molecule has 1 aromatic carbocycles. The van der Waals surface area contributed by atoms with Gasteiger partial charge in [0.25, 0.3) is 0 Å². The Morgan fingerprint density at radius 3 is 2.79 bits per heavy atom. The molecule has 1 heterocycles. The zero-order valence-corrected chi connectivity index (χ0v) is 11.9. The maximum absolute atomic E-state index is 5.93. The molecule has 1 fully saturated rings. The lowest BCUT2D eigenvalue weighted by Gasteiger charge is -2.32. The minimum Gasteiger partial charge on any atom is -0.492 e. The van der Waals surface area contributed by atoms with Crippen molar-refractivity contribution in [2.75, 3.05) is 39.4 Å². The fourth-order valence-corrected chi connectivity index (χ4v) is 2.43. The van der Waals surface area contributed by atoms with E-state index < -0.39 is 0 Å². The zero-order valence-electron chi connectivity index (χ0n) is 11.9. The van der Waals surface area contributed by atoms with Gasteiger partial charge in [-0.2, -0.15) is 0 Å². The summed E-state index contributed by atoms with van der Waals surface area (Å²) in [6.45, 7) is 9.04. The number of rotatable bonds is 5. The number of hydrogen-bond acceptors (Lipinski definition) is 4. The molecular formula is C15H24N2O2. The topological polar surface area (TPSA) is 47.7 Å². The van der Waals surface area contributed by atoms with Crippen LogP contribution in [0.1, 0.15) is 11.1 Å². The summed E-state index contributed by atoms with van der Waals surface area (Å²) in [4.78, 5) is 2.36. The molecular weight excluding hydrogens is 240 g/mol. The number of morpholine rings is 1. The molecule has 0 aromatic heterocycles. The Kier molecular flexibility index (Phi) is 5.19. The van der Waals surface area contributed by atoms with E-state index in [0.717, 1.165) is 32.0 Å². The van der Waals surface area contributed by atoms with Gasteiger partial charge in [0.1, 0.15) is 12.4 Å². The molecule has 2 rings (SSSR count). The molecule has 1 aromatic rings. The molecule has 4 nitrogen and oxygen atoms in total. The number of nitrogens with two attached hydrogens (primary N) is 1. The van der Waals surface area contributed by atoms with Crippen LogP contribution in [0.5, 0.6) is 5.75 Å². The van der Waals surface area contributed by atoms with Gasteiger partial charge in [0.2, 0.25) is 0 Å². The van der Waals surface area contributed by atoms with Gasteiger partial charge in [-0.3, -0.25) is 4.90 Å². The lowest BCUT2D eigenvalue weighted by Crippen LogP contribution is -2.46. The average molecular weight is 264 g/mol. The molecule has 1 unspecified atom stereocenters. The Bertz CT molecular complexity index is 389.